The Morgan fingerprint density at radius 1 is 1.31 bits per heavy atom. The van der Waals surface area contributed by atoms with Crippen LogP contribution in [0.4, 0.5) is 0 Å². The molecule has 1 fully saturated rings. The number of benzene rings is 1. The number of carbonyl (C=O) groups excluding carboxylic acids is 1. The van der Waals surface area contributed by atoms with Crippen molar-refractivity contribution in [3.05, 3.63) is 41.5 Å². The van der Waals surface area contributed by atoms with Crippen molar-refractivity contribution in [2.24, 2.45) is 5.92 Å². The molecule has 3 rings (SSSR count). The molecule has 1 N–H and O–H groups in total. The van der Waals surface area contributed by atoms with Gasteiger partial charge in [0.2, 0.25) is 0 Å². The molecule has 29 heavy (non-hydrogen) atoms. The zero-order valence-corrected chi connectivity index (χ0v) is 18.0. The molecule has 7 heteroatoms. The summed E-state index contributed by atoms with van der Waals surface area (Å²) in [5.74, 6) is 6.21. The highest BCUT2D eigenvalue weighted by molar-refractivity contribution is 7.92. The second-order valence-corrected chi connectivity index (χ2v) is 10.2. The molecule has 1 aromatic carbocycles. The predicted octanol–water partition coefficient (Wildman–Crippen LogP) is 2.02. The monoisotopic (exact) mass is 416 g/mol. The third-order valence-electron chi connectivity index (χ3n) is 5.77. The number of nitrogens with zero attached hydrogens (tertiary/aromatic N) is 1. The third-order valence-corrected chi connectivity index (χ3v) is 7.86. The Hall–Kier alpha value is -2.14. The van der Waals surface area contributed by atoms with Crippen molar-refractivity contribution in [2.45, 2.75) is 31.4 Å². The first-order valence-electron chi connectivity index (χ1n) is 9.91. The van der Waals surface area contributed by atoms with Crippen LogP contribution in [0.3, 0.4) is 0 Å². The smallest absolute Gasteiger partial charge is 0.346 e. The largest absolute Gasteiger partial charge is 0.366 e. The SMILES string of the molecule is CCC(C)(C(=O)ON1CC=C(c2ccc(C#CC3CNC3)cc2)CC1)S(C)(=O)=O. The molecule has 6 nitrogen and oxygen atoms in total. The highest BCUT2D eigenvalue weighted by Crippen LogP contribution is 2.26. The average Bonchev–Trinajstić information content (AvgIpc) is 2.66. The first kappa shape index (κ1) is 21.6. The van der Waals surface area contributed by atoms with Crippen LogP contribution in [0.25, 0.3) is 5.57 Å². The molecule has 0 radical (unpaired) electrons. The van der Waals surface area contributed by atoms with Gasteiger partial charge in [-0.05, 0) is 43.0 Å². The number of hydrogen-bond acceptors (Lipinski definition) is 6. The van der Waals surface area contributed by atoms with Gasteiger partial charge in [0.15, 0.2) is 14.6 Å². The van der Waals surface area contributed by atoms with Crippen LogP contribution in [-0.4, -0.2) is 56.6 Å². The first-order chi connectivity index (χ1) is 13.7. The van der Waals surface area contributed by atoms with Gasteiger partial charge >= 0.3 is 5.97 Å². The summed E-state index contributed by atoms with van der Waals surface area (Å²) in [7, 11) is -3.56. The van der Waals surface area contributed by atoms with Crippen molar-refractivity contribution < 1.29 is 18.0 Å². The van der Waals surface area contributed by atoms with E-state index in [9.17, 15) is 13.2 Å². The van der Waals surface area contributed by atoms with E-state index >= 15 is 0 Å². The van der Waals surface area contributed by atoms with E-state index < -0.39 is 20.6 Å². The number of hydrogen-bond donors (Lipinski definition) is 1. The van der Waals surface area contributed by atoms with Crippen LogP contribution in [0.2, 0.25) is 0 Å². The maximum Gasteiger partial charge on any atom is 0.346 e. The molecule has 156 valence electrons. The minimum absolute atomic E-state index is 0.173. The Morgan fingerprint density at radius 3 is 2.48 bits per heavy atom. The second kappa shape index (κ2) is 8.70. The van der Waals surface area contributed by atoms with Crippen molar-refractivity contribution in [1.82, 2.24) is 10.4 Å². The Bertz CT molecular complexity index is 953. The molecule has 1 aromatic rings. The van der Waals surface area contributed by atoms with Crippen molar-refractivity contribution in [3.63, 3.8) is 0 Å². The van der Waals surface area contributed by atoms with Gasteiger partial charge in [-0.2, -0.15) is 0 Å². The zero-order valence-electron chi connectivity index (χ0n) is 17.2. The predicted molar refractivity (Wildman–Crippen MR) is 113 cm³/mol. The molecule has 0 aromatic heterocycles. The normalized spacial score (nSPS) is 19.9. The van der Waals surface area contributed by atoms with Crippen molar-refractivity contribution >= 4 is 21.4 Å². The van der Waals surface area contributed by atoms with Crippen LogP contribution in [-0.2, 0) is 19.5 Å². The summed E-state index contributed by atoms with van der Waals surface area (Å²) in [5.41, 5.74) is 3.31. The average molecular weight is 417 g/mol. The topological polar surface area (TPSA) is 75.7 Å². The number of nitrogens with one attached hydrogen (secondary N) is 1. The van der Waals surface area contributed by atoms with Crippen molar-refractivity contribution in [2.75, 3.05) is 32.4 Å². The number of carbonyl (C=O) groups is 1. The molecule has 2 heterocycles. The van der Waals surface area contributed by atoms with E-state index in [0.29, 0.717) is 25.4 Å². The Labute approximate surface area is 173 Å². The first-order valence-corrected chi connectivity index (χ1v) is 11.8. The number of hydroxylamine groups is 2. The number of sulfone groups is 1. The van der Waals surface area contributed by atoms with Gasteiger partial charge in [0.05, 0.1) is 6.54 Å². The highest BCUT2D eigenvalue weighted by Gasteiger charge is 2.44. The summed E-state index contributed by atoms with van der Waals surface area (Å²) >= 11 is 0. The van der Waals surface area contributed by atoms with Crippen LogP contribution in [0.15, 0.2) is 30.3 Å². The van der Waals surface area contributed by atoms with E-state index in [1.807, 2.05) is 18.2 Å². The van der Waals surface area contributed by atoms with Gasteiger partial charge in [0.1, 0.15) is 0 Å². The standard InChI is InChI=1S/C22H28N2O4S/c1-4-22(2,29(3,26)27)21(25)28-24-13-11-20(12-14-24)19-9-7-17(8-10-19)5-6-18-15-23-16-18/h7-11,18,23H,4,12-16H2,1-3H3. The quantitative estimate of drug-likeness (QED) is 0.740. The van der Waals surface area contributed by atoms with E-state index in [0.717, 1.165) is 30.5 Å². The molecule has 0 bridgehead atoms. The molecule has 0 aliphatic carbocycles. The Kier molecular flexibility index (Phi) is 6.47. The molecule has 2 aliphatic heterocycles. The maximum absolute atomic E-state index is 12.5. The lowest BCUT2D eigenvalue weighted by atomic mass is 9.98. The van der Waals surface area contributed by atoms with E-state index in [1.54, 1.807) is 6.92 Å². The van der Waals surface area contributed by atoms with Crippen LogP contribution in [0.5, 0.6) is 0 Å². The van der Waals surface area contributed by atoms with Gasteiger partial charge in [-0.15, -0.1) is 5.06 Å². The second-order valence-electron chi connectivity index (χ2n) is 7.80. The summed E-state index contributed by atoms with van der Waals surface area (Å²) in [6, 6.07) is 8.18. The van der Waals surface area contributed by atoms with Crippen LogP contribution >= 0.6 is 0 Å². The fourth-order valence-electron chi connectivity index (χ4n) is 3.11. The maximum atomic E-state index is 12.5. The lowest BCUT2D eigenvalue weighted by Crippen LogP contribution is -2.47. The molecule has 1 unspecified atom stereocenters. The van der Waals surface area contributed by atoms with Crippen molar-refractivity contribution in [3.8, 4) is 11.8 Å². The van der Waals surface area contributed by atoms with E-state index in [-0.39, 0.29) is 6.42 Å². The van der Waals surface area contributed by atoms with Crippen molar-refractivity contribution in [1.29, 1.82) is 0 Å². The third kappa shape index (κ3) is 4.89. The van der Waals surface area contributed by atoms with Gasteiger partial charge in [0.25, 0.3) is 0 Å². The molecular weight excluding hydrogens is 388 g/mol. The van der Waals surface area contributed by atoms with Gasteiger partial charge < -0.3 is 10.2 Å². The van der Waals surface area contributed by atoms with Gasteiger partial charge in [-0.25, -0.2) is 13.2 Å². The Morgan fingerprint density at radius 2 is 2.00 bits per heavy atom. The summed E-state index contributed by atoms with van der Waals surface area (Å²) in [4.78, 5) is 17.8. The molecule has 1 saturated heterocycles. The molecule has 0 spiro atoms. The van der Waals surface area contributed by atoms with Crippen LogP contribution < -0.4 is 5.32 Å². The summed E-state index contributed by atoms with van der Waals surface area (Å²) in [6.45, 7) is 6.00. The van der Waals surface area contributed by atoms with Crippen LogP contribution in [0, 0.1) is 17.8 Å². The number of rotatable bonds is 5. The summed E-state index contributed by atoms with van der Waals surface area (Å²) in [5, 5.41) is 4.73. The molecule has 1 atom stereocenters. The fourth-order valence-corrected chi connectivity index (χ4v) is 3.98. The minimum atomic E-state index is -3.56. The minimum Gasteiger partial charge on any atom is -0.366 e. The van der Waals surface area contributed by atoms with Gasteiger partial charge in [0, 0.05) is 37.4 Å². The molecular formula is C22H28N2O4S. The van der Waals surface area contributed by atoms with E-state index in [4.69, 9.17) is 4.84 Å². The summed E-state index contributed by atoms with van der Waals surface area (Å²) in [6.07, 6.45) is 3.98. The summed E-state index contributed by atoms with van der Waals surface area (Å²) < 4.78 is 22.5. The molecule has 2 aliphatic rings. The lowest BCUT2D eigenvalue weighted by molar-refractivity contribution is -0.191. The van der Waals surface area contributed by atoms with E-state index in [1.165, 1.54) is 17.6 Å². The van der Waals surface area contributed by atoms with Gasteiger partial charge in [-0.3, -0.25) is 0 Å². The lowest BCUT2D eigenvalue weighted by Gasteiger charge is -2.30. The zero-order chi connectivity index (χ0) is 21.1. The van der Waals surface area contributed by atoms with Crippen LogP contribution in [0.1, 0.15) is 37.8 Å². The van der Waals surface area contributed by atoms with Gasteiger partial charge in [-0.1, -0.05) is 37.0 Å². The molecule has 0 saturated carbocycles. The molecule has 0 amide bonds. The highest BCUT2D eigenvalue weighted by atomic mass is 32.2. The Balaban J connectivity index is 1.60. The fraction of sp³-hybridized carbons (Fsp3) is 0.500. The van der Waals surface area contributed by atoms with E-state index in [2.05, 4.69) is 29.3 Å².